The van der Waals surface area contributed by atoms with Crippen molar-refractivity contribution in [3.63, 3.8) is 0 Å². The Labute approximate surface area is 271 Å². The average Bonchev–Trinajstić information content (AvgIpc) is 3.89. The van der Waals surface area contributed by atoms with Crippen molar-refractivity contribution in [1.29, 1.82) is 0 Å². The summed E-state index contributed by atoms with van der Waals surface area (Å²) in [6.45, 7) is 8.12. The predicted molar refractivity (Wildman–Crippen MR) is 178 cm³/mol. The molecule has 12 heteroatoms. The number of carbonyl (C=O) groups excluding carboxylic acids is 1. The van der Waals surface area contributed by atoms with Crippen molar-refractivity contribution < 1.29 is 34.7 Å². The first-order chi connectivity index (χ1) is 21.4. The van der Waals surface area contributed by atoms with Crippen LogP contribution in [-0.4, -0.2) is 72.9 Å². The highest BCUT2D eigenvalue weighted by Gasteiger charge is 2.52. The number of H-pyrrole nitrogens is 1. The number of aliphatic carboxylic acids is 2. The number of hydrogen-bond acceptors (Lipinski definition) is 5. The molecule has 45 heavy (non-hydrogen) atoms. The first-order valence-electron chi connectivity index (χ1n) is 15.6. The van der Waals surface area contributed by atoms with E-state index in [4.69, 9.17) is 0 Å². The second-order valence-corrected chi connectivity index (χ2v) is 15.3. The molecular weight excluding hydrogens is 613 g/mol. The molecule has 0 saturated carbocycles. The molecule has 0 radical (unpaired) electrons. The summed E-state index contributed by atoms with van der Waals surface area (Å²) in [5.41, 5.74) is 8.20. The molecule has 3 saturated heterocycles. The summed E-state index contributed by atoms with van der Waals surface area (Å²) >= 11 is 3.12. The fourth-order valence-electron chi connectivity index (χ4n) is 7.16. The number of thioether (sulfide) groups is 1. The van der Waals surface area contributed by atoms with Crippen molar-refractivity contribution in [3.8, 4) is 0 Å². The quantitative estimate of drug-likeness (QED) is 0.108. The lowest BCUT2D eigenvalue weighted by Crippen LogP contribution is -2.77. The average molecular weight is 655 g/mol. The van der Waals surface area contributed by atoms with Crippen LogP contribution in [-0.2, 0) is 32.6 Å². The Kier molecular flexibility index (Phi) is 8.73. The highest BCUT2D eigenvalue weighted by atomic mass is 32.2. The number of allylic oxidation sites excluding steroid dienone is 2. The van der Waals surface area contributed by atoms with Gasteiger partial charge in [0.05, 0.1) is 23.5 Å². The van der Waals surface area contributed by atoms with E-state index in [-0.39, 0.29) is 54.5 Å². The Bertz CT molecular complexity index is 1610. The standard InChI is InChI=1S/C33H40N4O6S2/c1-14-18(5-7-28(38)39)23(34-20(14)9-22-16(3)31(27-13-45-27)33(43)36-22)11-24-19(6-8-29(40)41)15(2)21(35-24)10-25-30(26-12-44-26)17(4)32(42)37-25/h10-11,16-17,20,22,26,30,34-35H,5-9,12-13H2,1-4H3,(H,36,43)(H,37,42)(H,38,39)(H,40,41)/p+2/b23-11-,25-10-,31-27+/t16?,17-,20?,22-,26+,30-/m1/s1. The Morgan fingerprint density at radius 1 is 1.07 bits per heavy atom. The Morgan fingerprint density at radius 3 is 2.40 bits per heavy atom. The first kappa shape index (κ1) is 31.6. The number of aromatic nitrogens is 1. The number of nitrogens with one attached hydrogen (secondary N) is 4. The molecule has 3 fully saturated rings. The molecular formula is C33H42N4O6S2+2. The fraction of sp³-hybridized carbons (Fsp3) is 0.515. The minimum Gasteiger partial charge on any atom is -0.481 e. The molecule has 5 aliphatic rings. The van der Waals surface area contributed by atoms with Gasteiger partial charge in [0.25, 0.3) is 0 Å². The molecule has 0 spiro atoms. The van der Waals surface area contributed by atoms with Gasteiger partial charge in [0.15, 0.2) is 17.0 Å². The Morgan fingerprint density at radius 2 is 1.76 bits per heavy atom. The maximum Gasteiger partial charge on any atom is 0.363 e. The van der Waals surface area contributed by atoms with Crippen LogP contribution in [0.2, 0.25) is 0 Å². The predicted octanol–water partition coefficient (Wildman–Crippen LogP) is 2.20. The zero-order valence-electron chi connectivity index (χ0n) is 26.0. The van der Waals surface area contributed by atoms with Gasteiger partial charge in [-0.1, -0.05) is 13.8 Å². The van der Waals surface area contributed by atoms with Crippen LogP contribution >= 0.6 is 11.8 Å². The molecule has 6 atom stereocenters. The van der Waals surface area contributed by atoms with Gasteiger partial charge in [0.1, 0.15) is 0 Å². The van der Waals surface area contributed by atoms with Crippen LogP contribution in [0.25, 0.3) is 12.2 Å². The molecule has 0 aliphatic carbocycles. The van der Waals surface area contributed by atoms with Crippen molar-refractivity contribution in [3.05, 3.63) is 55.5 Å². The third-order valence-electron chi connectivity index (χ3n) is 9.97. The minimum atomic E-state index is -0.882. The van der Waals surface area contributed by atoms with E-state index < -0.39 is 11.9 Å². The number of aromatic amines is 1. The van der Waals surface area contributed by atoms with E-state index in [0.717, 1.165) is 62.1 Å². The van der Waals surface area contributed by atoms with Gasteiger partial charge in [-0.25, -0.2) is 4.99 Å². The largest absolute Gasteiger partial charge is 0.481 e. The molecule has 1 aromatic rings. The molecule has 0 bridgehead atoms. The number of amides is 1. The summed E-state index contributed by atoms with van der Waals surface area (Å²) in [4.78, 5) is 43.8. The summed E-state index contributed by atoms with van der Waals surface area (Å²) in [5, 5.41) is 36.9. The van der Waals surface area contributed by atoms with Crippen LogP contribution in [0.15, 0.2) is 33.0 Å². The number of aliphatic hydroxyl groups is 1. The van der Waals surface area contributed by atoms with Gasteiger partial charge in [-0.05, 0) is 72.9 Å². The topological polar surface area (TPSA) is 166 Å². The number of carbonyl (C=O) groups is 3. The molecule has 10 nitrogen and oxygen atoms in total. The summed E-state index contributed by atoms with van der Waals surface area (Å²) in [7, 11) is 0. The molecule has 5 aliphatic heterocycles. The Hall–Kier alpha value is -3.38. The lowest BCUT2D eigenvalue weighted by atomic mass is 9.90. The van der Waals surface area contributed by atoms with Gasteiger partial charge < -0.3 is 30.9 Å². The maximum atomic E-state index is 12.6. The third kappa shape index (κ3) is 6.49. The number of aliphatic hydroxyl groups excluding tert-OH is 1. The molecule has 2 unspecified atom stereocenters. The summed E-state index contributed by atoms with van der Waals surface area (Å²) in [5.74, 6) is 0.806. The smallest absolute Gasteiger partial charge is 0.363 e. The number of carboxylic acid groups (broad SMARTS) is 2. The van der Waals surface area contributed by atoms with Crippen molar-refractivity contribution >= 4 is 59.4 Å². The van der Waals surface area contributed by atoms with E-state index in [1.54, 1.807) is 11.8 Å². The Balaban J connectivity index is 1.33. The summed E-state index contributed by atoms with van der Waals surface area (Å²) < 4.78 is 0. The van der Waals surface area contributed by atoms with Gasteiger partial charge in [0, 0.05) is 58.6 Å². The van der Waals surface area contributed by atoms with E-state index in [1.807, 2.05) is 32.9 Å². The molecule has 6 rings (SSSR count). The molecule has 7 N–H and O–H groups in total. The SMILES string of the molecule is CC1=C(CCC(=O)O)/C(=C/c2[nH]c(/C=C3\NC(=O)[C@H](C)[C@H]3[C@@H]3C[SH+]3)c(C)c2CCC(=O)O)NC1C[C@H]1[NH+]=C(O)/C(=C2\CS2)C1C. The normalized spacial score (nSPS) is 32.4. The van der Waals surface area contributed by atoms with E-state index in [0.29, 0.717) is 24.5 Å². The lowest BCUT2D eigenvalue weighted by Gasteiger charge is -2.17. The molecule has 240 valence electrons. The number of thiol groups is 1. The highest BCUT2D eigenvalue weighted by Crippen LogP contribution is 2.43. The maximum absolute atomic E-state index is 12.6. The van der Waals surface area contributed by atoms with Crippen LogP contribution in [0, 0.1) is 24.7 Å². The second kappa shape index (κ2) is 12.4. The van der Waals surface area contributed by atoms with Gasteiger partial charge >= 0.3 is 17.8 Å². The fourth-order valence-corrected chi connectivity index (χ4v) is 8.82. The van der Waals surface area contributed by atoms with Gasteiger partial charge in [0.2, 0.25) is 5.91 Å². The minimum absolute atomic E-state index is 0.00865. The van der Waals surface area contributed by atoms with E-state index in [1.165, 1.54) is 16.7 Å². The third-order valence-corrected chi connectivity index (χ3v) is 11.9. The first-order valence-corrected chi connectivity index (χ1v) is 17.8. The number of rotatable bonds is 11. The zero-order chi connectivity index (χ0) is 32.2. The van der Waals surface area contributed by atoms with Crippen molar-refractivity contribution in [2.75, 3.05) is 11.5 Å². The van der Waals surface area contributed by atoms with Crippen molar-refractivity contribution in [2.24, 2.45) is 17.8 Å². The summed E-state index contributed by atoms with van der Waals surface area (Å²) in [6.07, 6.45) is 5.37. The number of carboxylic acids is 2. The van der Waals surface area contributed by atoms with Gasteiger partial charge in [-0.2, -0.15) is 0 Å². The van der Waals surface area contributed by atoms with Crippen LogP contribution in [0.5, 0.6) is 0 Å². The van der Waals surface area contributed by atoms with Crippen LogP contribution in [0.3, 0.4) is 0 Å². The molecule has 1 aromatic heterocycles. The van der Waals surface area contributed by atoms with E-state index in [2.05, 4.69) is 27.5 Å². The van der Waals surface area contributed by atoms with Crippen LogP contribution in [0.1, 0.15) is 69.0 Å². The summed E-state index contributed by atoms with van der Waals surface area (Å²) in [6, 6.07) is -0.0288. The molecule has 0 aromatic carbocycles. The molecule has 6 heterocycles. The van der Waals surface area contributed by atoms with Crippen LogP contribution < -0.4 is 15.6 Å². The second-order valence-electron chi connectivity index (χ2n) is 12.8. The lowest BCUT2D eigenvalue weighted by molar-refractivity contribution is -0.508. The zero-order valence-corrected chi connectivity index (χ0v) is 27.7. The van der Waals surface area contributed by atoms with E-state index >= 15 is 0 Å². The van der Waals surface area contributed by atoms with E-state index in [9.17, 15) is 29.7 Å². The van der Waals surface area contributed by atoms with Crippen LogP contribution in [0.4, 0.5) is 0 Å². The van der Waals surface area contributed by atoms with Gasteiger partial charge in [-0.3, -0.25) is 14.4 Å². The number of hydrogen-bond donors (Lipinski definition) is 7. The highest BCUT2D eigenvalue weighted by molar-refractivity contribution is 8.11. The molecule has 1 amide bonds. The van der Waals surface area contributed by atoms with Crippen molar-refractivity contribution in [2.45, 2.75) is 77.1 Å². The van der Waals surface area contributed by atoms with Crippen molar-refractivity contribution in [1.82, 2.24) is 15.6 Å². The van der Waals surface area contributed by atoms with Gasteiger partial charge in [-0.15, -0.1) is 11.8 Å². The monoisotopic (exact) mass is 654 g/mol.